The van der Waals surface area contributed by atoms with E-state index >= 15 is 0 Å². The van der Waals surface area contributed by atoms with Crippen LogP contribution >= 0.6 is 11.8 Å². The first-order valence-corrected chi connectivity index (χ1v) is 12.1. The van der Waals surface area contributed by atoms with Gasteiger partial charge in [0.05, 0.1) is 18.9 Å². The lowest BCUT2D eigenvalue weighted by Gasteiger charge is -2.20. The molecule has 11 nitrogen and oxygen atoms in total. The lowest BCUT2D eigenvalue weighted by Crippen LogP contribution is -2.54. The molecule has 1 aromatic carbocycles. The summed E-state index contributed by atoms with van der Waals surface area (Å²) in [5, 5.41) is 16.9. The van der Waals surface area contributed by atoms with Gasteiger partial charge in [0.2, 0.25) is 17.7 Å². The number of nitrogens with two attached hydrogens (primary N) is 1. The SMILES string of the molecule is CSCCC(N)C(=O)NC(Cc1cnc[nH]1)C(=O)NCC(=O)NC(Cc1ccccc1)C(=O)O. The van der Waals surface area contributed by atoms with E-state index in [0.29, 0.717) is 17.9 Å². The van der Waals surface area contributed by atoms with Gasteiger partial charge in [-0.15, -0.1) is 0 Å². The van der Waals surface area contributed by atoms with Crippen molar-refractivity contribution in [1.29, 1.82) is 0 Å². The van der Waals surface area contributed by atoms with Crippen LogP contribution in [-0.4, -0.2) is 75.4 Å². The Balaban J connectivity index is 1.95. The number of carboxylic acid groups (broad SMARTS) is 1. The third-order valence-corrected chi connectivity index (χ3v) is 5.56. The van der Waals surface area contributed by atoms with E-state index < -0.39 is 48.4 Å². The zero-order valence-corrected chi connectivity index (χ0v) is 19.6. The number of carbonyl (C=O) groups is 4. The second-order valence-corrected chi connectivity index (χ2v) is 8.58. The summed E-state index contributed by atoms with van der Waals surface area (Å²) in [5.41, 5.74) is 7.25. The average molecular weight is 491 g/mol. The number of aromatic nitrogens is 2. The maximum atomic E-state index is 12.8. The number of nitrogens with zero attached hydrogens (tertiary/aromatic N) is 1. The molecule has 2 aromatic rings. The van der Waals surface area contributed by atoms with Crippen LogP contribution in [0.4, 0.5) is 0 Å². The second-order valence-electron chi connectivity index (χ2n) is 7.60. The number of hydrogen-bond acceptors (Lipinski definition) is 7. The van der Waals surface area contributed by atoms with Gasteiger partial charge in [-0.05, 0) is 24.0 Å². The molecule has 0 aliphatic rings. The molecule has 0 bridgehead atoms. The third kappa shape index (κ3) is 9.24. The van der Waals surface area contributed by atoms with Crippen molar-refractivity contribution in [1.82, 2.24) is 25.9 Å². The van der Waals surface area contributed by atoms with E-state index in [4.69, 9.17) is 5.73 Å². The van der Waals surface area contributed by atoms with Crippen LogP contribution in [0.25, 0.3) is 0 Å². The molecular weight excluding hydrogens is 460 g/mol. The number of thioether (sulfide) groups is 1. The van der Waals surface area contributed by atoms with Gasteiger partial charge in [-0.2, -0.15) is 11.8 Å². The summed E-state index contributed by atoms with van der Waals surface area (Å²) in [5.74, 6) is -2.25. The molecule has 12 heteroatoms. The number of aliphatic carboxylic acids is 1. The number of nitrogens with one attached hydrogen (secondary N) is 4. The molecule has 0 aliphatic carbocycles. The monoisotopic (exact) mass is 490 g/mol. The molecule has 0 saturated heterocycles. The quantitative estimate of drug-likeness (QED) is 0.204. The second kappa shape index (κ2) is 14.0. The predicted molar refractivity (Wildman–Crippen MR) is 128 cm³/mol. The number of carboxylic acids is 1. The lowest BCUT2D eigenvalue weighted by molar-refractivity contribution is -0.141. The Hall–Kier alpha value is -3.38. The summed E-state index contributed by atoms with van der Waals surface area (Å²) in [7, 11) is 0. The van der Waals surface area contributed by atoms with E-state index in [1.807, 2.05) is 12.3 Å². The van der Waals surface area contributed by atoms with Gasteiger partial charge in [-0.3, -0.25) is 14.4 Å². The first kappa shape index (κ1) is 26.9. The molecule has 3 amide bonds. The van der Waals surface area contributed by atoms with Gasteiger partial charge in [-0.25, -0.2) is 9.78 Å². The Kier molecular flexibility index (Phi) is 11.1. The van der Waals surface area contributed by atoms with E-state index in [-0.39, 0.29) is 12.8 Å². The van der Waals surface area contributed by atoms with Gasteiger partial charge in [0.1, 0.15) is 12.1 Å². The molecule has 0 fully saturated rings. The fourth-order valence-electron chi connectivity index (χ4n) is 3.07. The average Bonchev–Trinajstić information content (AvgIpc) is 3.33. The third-order valence-electron chi connectivity index (χ3n) is 4.92. The minimum Gasteiger partial charge on any atom is -0.480 e. The Morgan fingerprint density at radius 2 is 1.82 bits per heavy atom. The molecule has 34 heavy (non-hydrogen) atoms. The standard InChI is InChI=1S/C22H30N6O5S/c1-34-8-7-16(23)20(30)28-17(10-15-11-24-13-26-15)21(31)25-12-19(29)27-18(22(32)33)9-14-5-3-2-4-6-14/h2-6,11,13,16-18H,7-10,12,23H2,1H3,(H,24,26)(H,25,31)(H,27,29)(H,28,30)(H,32,33). The van der Waals surface area contributed by atoms with Crippen LogP contribution in [0, 0.1) is 0 Å². The Morgan fingerprint density at radius 3 is 2.44 bits per heavy atom. The van der Waals surface area contributed by atoms with Crippen LogP contribution in [0.2, 0.25) is 0 Å². The summed E-state index contributed by atoms with van der Waals surface area (Å²) < 4.78 is 0. The number of carbonyl (C=O) groups excluding carboxylic acids is 3. The van der Waals surface area contributed by atoms with E-state index in [1.54, 1.807) is 36.0 Å². The summed E-state index contributed by atoms with van der Waals surface area (Å²) in [4.78, 5) is 55.8. The minimum atomic E-state index is -1.19. The molecular formula is C22H30N6O5S. The number of imidazole rings is 1. The first-order chi connectivity index (χ1) is 16.3. The van der Waals surface area contributed by atoms with Crippen molar-refractivity contribution < 1.29 is 24.3 Å². The van der Waals surface area contributed by atoms with Crippen molar-refractivity contribution in [2.75, 3.05) is 18.6 Å². The van der Waals surface area contributed by atoms with Gasteiger partial charge in [0.25, 0.3) is 0 Å². The fourth-order valence-corrected chi connectivity index (χ4v) is 3.56. The number of H-pyrrole nitrogens is 1. The number of benzene rings is 1. The van der Waals surface area contributed by atoms with Gasteiger partial charge in [0.15, 0.2) is 0 Å². The highest BCUT2D eigenvalue weighted by Gasteiger charge is 2.26. The number of aromatic amines is 1. The van der Waals surface area contributed by atoms with Crippen molar-refractivity contribution in [3.8, 4) is 0 Å². The van der Waals surface area contributed by atoms with Crippen LogP contribution < -0.4 is 21.7 Å². The highest BCUT2D eigenvalue weighted by atomic mass is 32.2. The lowest BCUT2D eigenvalue weighted by atomic mass is 10.1. The molecule has 2 rings (SSSR count). The normalized spacial score (nSPS) is 13.4. The fraction of sp³-hybridized carbons (Fsp3) is 0.409. The van der Waals surface area contributed by atoms with E-state index in [2.05, 4.69) is 25.9 Å². The van der Waals surface area contributed by atoms with Crippen LogP contribution in [-0.2, 0) is 32.0 Å². The molecule has 3 atom stereocenters. The van der Waals surface area contributed by atoms with Crippen molar-refractivity contribution in [2.24, 2.45) is 5.73 Å². The number of hydrogen-bond donors (Lipinski definition) is 6. The topological polar surface area (TPSA) is 179 Å². The zero-order chi connectivity index (χ0) is 24.9. The molecule has 3 unspecified atom stereocenters. The predicted octanol–water partition coefficient (Wildman–Crippen LogP) is -0.554. The molecule has 1 aromatic heterocycles. The summed E-state index contributed by atoms with van der Waals surface area (Å²) in [6.45, 7) is -0.453. The highest BCUT2D eigenvalue weighted by molar-refractivity contribution is 7.98. The van der Waals surface area contributed by atoms with Gasteiger partial charge >= 0.3 is 5.97 Å². The Labute approximate surface area is 201 Å². The van der Waals surface area contributed by atoms with Crippen molar-refractivity contribution in [2.45, 2.75) is 37.4 Å². The van der Waals surface area contributed by atoms with Gasteiger partial charge < -0.3 is 31.8 Å². The maximum absolute atomic E-state index is 12.8. The smallest absolute Gasteiger partial charge is 0.326 e. The molecule has 1 heterocycles. The van der Waals surface area contributed by atoms with Crippen LogP contribution in [0.3, 0.4) is 0 Å². The largest absolute Gasteiger partial charge is 0.480 e. The molecule has 7 N–H and O–H groups in total. The van der Waals surface area contributed by atoms with Crippen molar-refractivity contribution >= 4 is 35.5 Å². The van der Waals surface area contributed by atoms with Crippen molar-refractivity contribution in [3.63, 3.8) is 0 Å². The molecule has 0 aliphatic heterocycles. The molecule has 0 saturated carbocycles. The summed E-state index contributed by atoms with van der Waals surface area (Å²) in [6.07, 6.45) is 5.53. The minimum absolute atomic E-state index is 0.0995. The Bertz CT molecular complexity index is 941. The highest BCUT2D eigenvalue weighted by Crippen LogP contribution is 2.04. The van der Waals surface area contributed by atoms with E-state index in [0.717, 1.165) is 5.56 Å². The van der Waals surface area contributed by atoms with E-state index in [9.17, 15) is 24.3 Å². The molecule has 0 spiro atoms. The molecule has 0 radical (unpaired) electrons. The number of rotatable bonds is 14. The van der Waals surface area contributed by atoms with Crippen LogP contribution in [0.15, 0.2) is 42.9 Å². The van der Waals surface area contributed by atoms with Crippen molar-refractivity contribution in [3.05, 3.63) is 54.1 Å². The summed E-state index contributed by atoms with van der Waals surface area (Å²) >= 11 is 1.56. The van der Waals surface area contributed by atoms with Crippen LogP contribution in [0.5, 0.6) is 0 Å². The van der Waals surface area contributed by atoms with Crippen LogP contribution in [0.1, 0.15) is 17.7 Å². The van der Waals surface area contributed by atoms with Gasteiger partial charge in [0, 0.05) is 24.7 Å². The molecule has 184 valence electrons. The summed E-state index contributed by atoms with van der Waals surface area (Å²) in [6, 6.07) is 5.95. The van der Waals surface area contributed by atoms with E-state index in [1.165, 1.54) is 12.5 Å². The van der Waals surface area contributed by atoms with Gasteiger partial charge in [-0.1, -0.05) is 30.3 Å². The first-order valence-electron chi connectivity index (χ1n) is 10.7. The maximum Gasteiger partial charge on any atom is 0.326 e. The zero-order valence-electron chi connectivity index (χ0n) is 18.8. The Morgan fingerprint density at radius 1 is 1.09 bits per heavy atom. The number of amides is 3.